The zero-order valence-corrected chi connectivity index (χ0v) is 17.0. The number of halogens is 2. The van der Waals surface area contributed by atoms with E-state index in [1.54, 1.807) is 4.90 Å². The van der Waals surface area contributed by atoms with Gasteiger partial charge in [0.05, 0.1) is 13.2 Å². The zero-order chi connectivity index (χ0) is 22.6. The van der Waals surface area contributed by atoms with Gasteiger partial charge < -0.3 is 24.6 Å². The van der Waals surface area contributed by atoms with Crippen LogP contribution in [-0.4, -0.2) is 45.3 Å². The Morgan fingerprint density at radius 2 is 2.06 bits per heavy atom. The van der Waals surface area contributed by atoms with E-state index in [1.165, 1.54) is 16.8 Å². The number of amides is 2. The van der Waals surface area contributed by atoms with E-state index < -0.39 is 40.9 Å². The second kappa shape index (κ2) is 7.70. The molecule has 2 amide bonds. The van der Waals surface area contributed by atoms with Crippen molar-refractivity contribution in [2.24, 2.45) is 5.92 Å². The number of fused-ring (bicyclic) bond motifs is 4. The van der Waals surface area contributed by atoms with Gasteiger partial charge in [-0.1, -0.05) is 12.5 Å². The maximum atomic E-state index is 13.8. The minimum absolute atomic E-state index is 0.0121. The fraction of sp³-hybridized carbons (Fsp3) is 0.409. The number of carbonyl (C=O) groups is 2. The van der Waals surface area contributed by atoms with Crippen LogP contribution in [0.5, 0.6) is 5.75 Å². The molecule has 1 aromatic carbocycles. The monoisotopic (exact) mass is 445 g/mol. The Morgan fingerprint density at radius 1 is 1.25 bits per heavy atom. The third kappa shape index (κ3) is 3.26. The molecule has 2 fully saturated rings. The number of aromatic hydroxyl groups is 1. The highest BCUT2D eigenvalue weighted by Gasteiger charge is 2.47. The molecule has 3 atom stereocenters. The summed E-state index contributed by atoms with van der Waals surface area (Å²) in [6.07, 6.45) is 3.48. The quantitative estimate of drug-likeness (QED) is 0.750. The van der Waals surface area contributed by atoms with Gasteiger partial charge in [-0.3, -0.25) is 14.4 Å². The standard InChI is InChI=1S/C22H21F2N3O5/c23-13-5-4-11(15(24)6-13)7-25-21(30)14-8-26-9-17-27(16-3-1-2-12(16)10-32-17)22(31)18(26)20(29)19(14)28/h4-6,8,12,16-17,29H,1-3,7,9-10H2,(H,25,30)/t12?,16-,17+/m0/s1. The molecule has 2 aromatic rings. The van der Waals surface area contributed by atoms with Crippen molar-refractivity contribution in [2.75, 3.05) is 6.61 Å². The van der Waals surface area contributed by atoms with E-state index in [-0.39, 0.29) is 41.9 Å². The lowest BCUT2D eigenvalue weighted by atomic mass is 9.98. The molecule has 1 aliphatic carbocycles. The summed E-state index contributed by atoms with van der Waals surface area (Å²) in [6, 6.07) is 2.95. The van der Waals surface area contributed by atoms with Crippen LogP contribution in [0, 0.1) is 17.6 Å². The van der Waals surface area contributed by atoms with E-state index in [1.807, 2.05) is 0 Å². The lowest BCUT2D eigenvalue weighted by Crippen LogP contribution is -2.59. The number of nitrogens with zero attached hydrogens (tertiary/aromatic N) is 2. The van der Waals surface area contributed by atoms with Gasteiger partial charge in [0.15, 0.2) is 17.7 Å². The first kappa shape index (κ1) is 20.6. The maximum absolute atomic E-state index is 13.8. The van der Waals surface area contributed by atoms with Crippen molar-refractivity contribution in [3.8, 4) is 5.75 Å². The number of nitrogens with one attached hydrogen (secondary N) is 1. The SMILES string of the molecule is O=C(NCc1ccc(F)cc1F)c1cn2c(c(O)c1=O)C(=O)N1[C@@H](C2)OCC2CCC[C@@H]21. The average Bonchev–Trinajstić information content (AvgIpc) is 3.24. The molecule has 10 heteroatoms. The molecule has 2 N–H and O–H groups in total. The van der Waals surface area contributed by atoms with Crippen LogP contribution in [0.1, 0.15) is 45.7 Å². The van der Waals surface area contributed by atoms with E-state index in [4.69, 9.17) is 4.74 Å². The van der Waals surface area contributed by atoms with E-state index >= 15 is 0 Å². The van der Waals surface area contributed by atoms with E-state index in [2.05, 4.69) is 5.32 Å². The first-order valence-corrected chi connectivity index (χ1v) is 10.5. The molecule has 3 heterocycles. The molecule has 168 valence electrons. The van der Waals surface area contributed by atoms with E-state index in [9.17, 15) is 28.3 Å². The van der Waals surface area contributed by atoms with Crippen molar-refractivity contribution < 1.29 is 28.2 Å². The number of benzene rings is 1. The van der Waals surface area contributed by atoms with Gasteiger partial charge in [-0.15, -0.1) is 0 Å². The van der Waals surface area contributed by atoms with Crippen molar-refractivity contribution in [1.29, 1.82) is 0 Å². The van der Waals surface area contributed by atoms with Crippen molar-refractivity contribution in [3.05, 3.63) is 63.1 Å². The van der Waals surface area contributed by atoms with Crippen LogP contribution in [0.3, 0.4) is 0 Å². The molecular weight excluding hydrogens is 424 g/mol. The molecule has 8 nitrogen and oxygen atoms in total. The summed E-state index contributed by atoms with van der Waals surface area (Å²) < 4.78 is 34.1. The maximum Gasteiger partial charge on any atom is 0.276 e. The molecule has 2 aliphatic heterocycles. The van der Waals surface area contributed by atoms with Crippen LogP contribution in [0.4, 0.5) is 8.78 Å². The molecule has 5 rings (SSSR count). The normalized spacial score (nSPS) is 24.0. The third-order valence-electron chi connectivity index (χ3n) is 6.53. The molecule has 0 spiro atoms. The fourth-order valence-corrected chi connectivity index (χ4v) is 4.93. The number of hydrogen-bond donors (Lipinski definition) is 2. The highest BCUT2D eigenvalue weighted by atomic mass is 19.1. The topological polar surface area (TPSA) is 101 Å². The van der Waals surface area contributed by atoms with Crippen LogP contribution < -0.4 is 10.7 Å². The van der Waals surface area contributed by atoms with Gasteiger partial charge in [-0.05, 0) is 18.9 Å². The van der Waals surface area contributed by atoms with E-state index in [0.29, 0.717) is 12.7 Å². The summed E-state index contributed by atoms with van der Waals surface area (Å²) in [7, 11) is 0. The summed E-state index contributed by atoms with van der Waals surface area (Å²) >= 11 is 0. The Bertz CT molecular complexity index is 1180. The van der Waals surface area contributed by atoms with Gasteiger partial charge in [-0.25, -0.2) is 8.78 Å². The number of ether oxygens (including phenoxy) is 1. The second-order valence-corrected chi connectivity index (χ2v) is 8.40. The van der Waals surface area contributed by atoms with Crippen LogP contribution in [0.25, 0.3) is 0 Å². The minimum atomic E-state index is -0.985. The molecule has 1 aromatic heterocycles. The molecule has 1 unspecified atom stereocenters. The average molecular weight is 445 g/mol. The Labute approximate surface area is 181 Å². The lowest BCUT2D eigenvalue weighted by Gasteiger charge is -2.46. The summed E-state index contributed by atoms with van der Waals surface area (Å²) in [5, 5.41) is 12.9. The largest absolute Gasteiger partial charge is 0.503 e. The number of rotatable bonds is 3. The van der Waals surface area contributed by atoms with Crippen LogP contribution in [-0.2, 0) is 17.8 Å². The van der Waals surface area contributed by atoms with Gasteiger partial charge in [0, 0.05) is 36.3 Å². The van der Waals surface area contributed by atoms with E-state index in [0.717, 1.165) is 25.3 Å². The van der Waals surface area contributed by atoms with Gasteiger partial charge in [-0.2, -0.15) is 0 Å². The number of hydrogen-bond acceptors (Lipinski definition) is 5. The van der Waals surface area contributed by atoms with Gasteiger partial charge in [0.25, 0.3) is 11.8 Å². The summed E-state index contributed by atoms with van der Waals surface area (Å²) in [4.78, 5) is 40.1. The Hall–Kier alpha value is -3.27. The first-order valence-electron chi connectivity index (χ1n) is 10.5. The summed E-state index contributed by atoms with van der Waals surface area (Å²) in [5.41, 5.74) is -1.50. The molecule has 0 bridgehead atoms. The Morgan fingerprint density at radius 3 is 2.84 bits per heavy atom. The number of carbonyl (C=O) groups excluding carboxylic acids is 2. The van der Waals surface area contributed by atoms with Crippen molar-refractivity contribution in [3.63, 3.8) is 0 Å². The fourth-order valence-electron chi connectivity index (χ4n) is 4.93. The van der Waals surface area contributed by atoms with Gasteiger partial charge in [0.1, 0.15) is 17.2 Å². The smallest absolute Gasteiger partial charge is 0.276 e. The summed E-state index contributed by atoms with van der Waals surface area (Å²) in [6.45, 7) is 0.427. The number of aromatic nitrogens is 1. The van der Waals surface area contributed by atoms with Crippen LogP contribution in [0.2, 0.25) is 0 Å². The Kier molecular flexibility index (Phi) is 4.96. The summed E-state index contributed by atoms with van der Waals surface area (Å²) in [5.74, 6) is -3.47. The predicted octanol–water partition coefficient (Wildman–Crippen LogP) is 1.74. The molecule has 3 aliphatic rings. The highest BCUT2D eigenvalue weighted by molar-refractivity contribution is 5.99. The third-order valence-corrected chi connectivity index (χ3v) is 6.53. The van der Waals surface area contributed by atoms with Crippen LogP contribution >= 0.6 is 0 Å². The molecule has 32 heavy (non-hydrogen) atoms. The molecule has 1 saturated carbocycles. The minimum Gasteiger partial charge on any atom is -0.503 e. The number of pyridine rings is 1. The molecule has 0 radical (unpaired) electrons. The first-order chi connectivity index (χ1) is 15.3. The van der Waals surface area contributed by atoms with Crippen molar-refractivity contribution in [2.45, 2.75) is 44.6 Å². The zero-order valence-electron chi connectivity index (χ0n) is 17.0. The molecular formula is C22H21F2N3O5. The lowest BCUT2D eigenvalue weighted by molar-refractivity contribution is -0.134. The molecule has 1 saturated heterocycles. The van der Waals surface area contributed by atoms with Crippen molar-refractivity contribution >= 4 is 11.8 Å². The van der Waals surface area contributed by atoms with Gasteiger partial charge in [0.2, 0.25) is 5.43 Å². The van der Waals surface area contributed by atoms with Gasteiger partial charge >= 0.3 is 0 Å². The van der Waals surface area contributed by atoms with Crippen LogP contribution in [0.15, 0.2) is 29.2 Å². The van der Waals surface area contributed by atoms with Crippen molar-refractivity contribution in [1.82, 2.24) is 14.8 Å². The Balaban J connectivity index is 1.43. The predicted molar refractivity (Wildman–Crippen MR) is 107 cm³/mol. The highest BCUT2D eigenvalue weighted by Crippen LogP contribution is 2.39. The second-order valence-electron chi connectivity index (χ2n) is 8.40.